The monoisotopic (exact) mass is 905 g/mol. The van der Waals surface area contributed by atoms with Crippen LogP contribution in [0.15, 0.2) is 48.5 Å². The molecule has 300 valence electrons. The van der Waals surface area contributed by atoms with Crippen LogP contribution in [0.25, 0.3) is 0 Å². The molecule has 0 amide bonds. The first-order valence-corrected chi connectivity index (χ1v) is 21.1. The van der Waals surface area contributed by atoms with Crippen LogP contribution >= 0.6 is 84.8 Å². The van der Waals surface area contributed by atoms with Gasteiger partial charge >= 0.3 is 27.1 Å². The molecule has 21 heteroatoms. The summed E-state index contributed by atoms with van der Waals surface area (Å²) < 4.78 is 63.9. The summed E-state index contributed by atoms with van der Waals surface area (Å²) in [4.78, 5) is 29.4. The predicted molar refractivity (Wildman–Crippen MR) is 206 cm³/mol. The number of halogens is 6. The second kappa shape index (κ2) is 21.5. The normalized spacial score (nSPS) is 15.0. The number of nitrogens with zero attached hydrogens (tertiary/aromatic N) is 1. The second-order valence-electron chi connectivity index (χ2n) is 11.6. The van der Waals surface area contributed by atoms with E-state index in [0.717, 1.165) is 45.3 Å². The van der Waals surface area contributed by atoms with Crippen LogP contribution in [0, 0.1) is 11.8 Å². The number of hydrogen-bond donors (Lipinski definition) is 0. The fraction of sp³-hybridized carbons (Fsp3) is 0.562. The number of ether oxygens (including phenoxy) is 4. The molecule has 0 saturated carbocycles. The van der Waals surface area contributed by atoms with Crippen LogP contribution in [0.1, 0.15) is 17.5 Å². The van der Waals surface area contributed by atoms with Crippen LogP contribution in [0.4, 0.5) is 0 Å². The Labute approximate surface area is 340 Å². The maximum atomic E-state index is 14.1. The van der Waals surface area contributed by atoms with Crippen molar-refractivity contribution < 1.29 is 55.8 Å². The summed E-state index contributed by atoms with van der Waals surface area (Å²) in [5.41, 5.74) is 1.90. The van der Waals surface area contributed by atoms with Gasteiger partial charge in [0.25, 0.3) is 0 Å². The Morgan fingerprint density at radius 2 is 1.30 bits per heavy atom. The first-order valence-electron chi connectivity index (χ1n) is 15.6. The van der Waals surface area contributed by atoms with Gasteiger partial charge in [0.15, 0.2) is 0 Å². The Balaban J connectivity index is 2.55. The van der Waals surface area contributed by atoms with E-state index in [1.165, 1.54) is 0 Å². The molecule has 4 atom stereocenters. The zero-order valence-electron chi connectivity index (χ0n) is 30.0. The number of rotatable bonds is 21. The number of methoxy groups -OCH3 is 1. The van der Waals surface area contributed by atoms with Gasteiger partial charge < -0.3 is 41.9 Å². The number of hydrogen-bond acceptors (Lipinski definition) is 13. The average Bonchev–Trinajstić information content (AvgIpc) is 3.11. The number of alkyl halides is 6. The topological polar surface area (TPSA) is 145 Å². The predicted octanol–water partition coefficient (Wildman–Crippen LogP) is 8.49. The molecule has 0 fully saturated rings. The molecule has 4 unspecified atom stereocenters. The van der Waals surface area contributed by atoms with E-state index in [2.05, 4.69) is 0 Å². The summed E-state index contributed by atoms with van der Waals surface area (Å²) in [6.45, 7) is -0.0548. The molecule has 13 nitrogen and oxygen atoms in total. The molecule has 0 bridgehead atoms. The van der Waals surface area contributed by atoms with Crippen LogP contribution in [0.2, 0.25) is 0 Å². The molecule has 0 heterocycles. The summed E-state index contributed by atoms with van der Waals surface area (Å²) in [7, 11) is 0.272. The molecule has 0 aliphatic carbocycles. The minimum Gasteiger partial charge on any atom is -0.497 e. The van der Waals surface area contributed by atoms with E-state index in [9.17, 15) is 18.7 Å². The largest absolute Gasteiger partial charge is 0.497 e. The fourth-order valence-electron chi connectivity index (χ4n) is 5.07. The summed E-state index contributed by atoms with van der Waals surface area (Å²) in [5, 5.41) is 0. The van der Waals surface area contributed by atoms with Crippen LogP contribution in [-0.4, -0.2) is 98.9 Å². The molecule has 2 aromatic rings. The number of carbonyl (C=O) groups is 2. The van der Waals surface area contributed by atoms with Crippen LogP contribution in [-0.2, 0) is 59.1 Å². The van der Waals surface area contributed by atoms with Crippen LogP contribution in [0.3, 0.4) is 0 Å². The number of para-hydroxylation sites is 1. The summed E-state index contributed by atoms with van der Waals surface area (Å²) in [6.07, 6.45) is 0.457. The molecule has 0 aromatic heterocycles. The maximum Gasteiger partial charge on any atom is 0.374 e. The quantitative estimate of drug-likeness (QED) is 0.0671. The molecule has 0 spiro atoms. The van der Waals surface area contributed by atoms with Gasteiger partial charge in [-0.25, -0.2) is 0 Å². The van der Waals surface area contributed by atoms with Crippen molar-refractivity contribution in [1.82, 2.24) is 4.90 Å². The highest BCUT2D eigenvalue weighted by Gasteiger charge is 2.54. The highest BCUT2D eigenvalue weighted by atomic mass is 35.6. The Hall–Kier alpha value is -1.02. The van der Waals surface area contributed by atoms with Crippen molar-refractivity contribution in [3.8, 4) is 11.5 Å². The maximum absolute atomic E-state index is 14.1. The highest BCUT2D eigenvalue weighted by molar-refractivity contribution is 7.55. The van der Waals surface area contributed by atoms with Gasteiger partial charge in [-0.05, 0) is 56.3 Å². The van der Waals surface area contributed by atoms with Crippen molar-refractivity contribution >= 4 is 96.7 Å². The van der Waals surface area contributed by atoms with Gasteiger partial charge in [-0.15, -0.1) is 0 Å². The van der Waals surface area contributed by atoms with E-state index in [0.29, 0.717) is 18.6 Å². The van der Waals surface area contributed by atoms with Crippen molar-refractivity contribution in [3.63, 3.8) is 0 Å². The van der Waals surface area contributed by atoms with Crippen molar-refractivity contribution in [2.75, 3.05) is 62.8 Å². The minimum atomic E-state index is -4.41. The van der Waals surface area contributed by atoms with Crippen LogP contribution in [0.5, 0.6) is 11.5 Å². The number of carbonyl (C=O) groups excluding carboxylic acids is 2. The summed E-state index contributed by atoms with van der Waals surface area (Å²) in [5.74, 6) is -7.63. The lowest BCUT2D eigenvalue weighted by Gasteiger charge is -2.33. The lowest BCUT2D eigenvalue weighted by atomic mass is 9.89. The lowest BCUT2D eigenvalue weighted by Crippen LogP contribution is -2.42. The number of esters is 2. The van der Waals surface area contributed by atoms with Gasteiger partial charge in [-0.2, -0.15) is 0 Å². The smallest absolute Gasteiger partial charge is 0.374 e. The van der Waals surface area contributed by atoms with Crippen molar-refractivity contribution in [2.45, 2.75) is 38.5 Å². The third-order valence-electron chi connectivity index (χ3n) is 7.72. The van der Waals surface area contributed by atoms with Gasteiger partial charge in [0.05, 0.1) is 26.1 Å². The number of aryl methyl sites for hydroxylation is 2. The zero-order chi connectivity index (χ0) is 40.2. The highest BCUT2D eigenvalue weighted by Crippen LogP contribution is 2.61. The fourth-order valence-corrected chi connectivity index (χ4v) is 9.74. The third-order valence-corrected chi connectivity index (χ3v) is 14.0. The Bertz CT molecular complexity index is 1580. The average molecular weight is 908 g/mol. The standard InChI is InChI=1S/C32H43Cl6NO12P2/c1-39(2)19-23(20-49-26-14-9-8-12-22(26)16-15-21-11-10-13-24(17-21)44-3)25(28(41)51-30(32(36,37)38)53(43,47-6)48-7)18-27(40)50-29(31(33,34)35)52(42,45-4)46-5/h8-14,17,23,25,29-30H,15-16,18-20H2,1-7H3. The van der Waals surface area contributed by atoms with Crippen molar-refractivity contribution in [2.24, 2.45) is 11.8 Å². The molecule has 0 radical (unpaired) electrons. The van der Waals surface area contributed by atoms with Gasteiger partial charge in [0.2, 0.25) is 19.3 Å². The van der Waals surface area contributed by atoms with Gasteiger partial charge in [0.1, 0.15) is 11.5 Å². The second-order valence-corrected chi connectivity index (χ2v) is 20.9. The van der Waals surface area contributed by atoms with E-state index in [-0.39, 0.29) is 13.2 Å². The van der Waals surface area contributed by atoms with E-state index < -0.39 is 64.7 Å². The zero-order valence-corrected chi connectivity index (χ0v) is 36.3. The van der Waals surface area contributed by atoms with Crippen LogP contribution < -0.4 is 9.47 Å². The Kier molecular flexibility index (Phi) is 19.5. The third kappa shape index (κ3) is 14.5. The lowest BCUT2D eigenvalue weighted by molar-refractivity contribution is -0.160. The van der Waals surface area contributed by atoms with Crippen molar-refractivity contribution in [1.29, 1.82) is 0 Å². The molecular formula is C32H43Cl6NO12P2. The van der Waals surface area contributed by atoms with Gasteiger partial charge in [0, 0.05) is 40.9 Å². The molecule has 2 rings (SSSR count). The molecular weight excluding hydrogens is 865 g/mol. The van der Waals surface area contributed by atoms with E-state index in [1.54, 1.807) is 38.2 Å². The summed E-state index contributed by atoms with van der Waals surface area (Å²) >= 11 is 36.4. The summed E-state index contributed by atoms with van der Waals surface area (Å²) in [6, 6.07) is 15.0. The van der Waals surface area contributed by atoms with E-state index in [4.69, 9.17) is 107 Å². The van der Waals surface area contributed by atoms with Gasteiger partial charge in [-0.1, -0.05) is 99.9 Å². The molecule has 2 aromatic carbocycles. The Morgan fingerprint density at radius 3 is 1.81 bits per heavy atom. The molecule has 0 aliphatic heterocycles. The van der Waals surface area contributed by atoms with Crippen molar-refractivity contribution in [3.05, 3.63) is 59.7 Å². The molecule has 53 heavy (non-hydrogen) atoms. The minimum absolute atomic E-state index is 0.117. The first-order chi connectivity index (χ1) is 24.7. The molecule has 0 saturated heterocycles. The van der Waals surface area contributed by atoms with E-state index in [1.807, 2.05) is 36.4 Å². The Morgan fingerprint density at radius 1 is 0.755 bits per heavy atom. The van der Waals surface area contributed by atoms with Gasteiger partial charge in [-0.3, -0.25) is 18.7 Å². The molecule has 0 N–H and O–H groups in total. The van der Waals surface area contributed by atoms with E-state index >= 15 is 0 Å². The first kappa shape index (κ1) is 48.1. The molecule has 0 aliphatic rings. The SMILES string of the molecule is COc1cccc(CCc2ccccc2OCC(CN(C)C)C(CC(=O)OC(C(Cl)(Cl)Cl)P(=O)(OC)OC)C(=O)OC(C(Cl)(Cl)Cl)P(=O)(OC)OC)c1. The number of benzene rings is 2.